The van der Waals surface area contributed by atoms with Gasteiger partial charge in [-0.15, -0.1) is 11.3 Å². The minimum atomic E-state index is -0.265. The van der Waals surface area contributed by atoms with Crippen molar-refractivity contribution >= 4 is 23.1 Å². The van der Waals surface area contributed by atoms with Gasteiger partial charge in [0.25, 0.3) is 5.91 Å². The Hall–Kier alpha value is -1.66. The quantitative estimate of drug-likeness (QED) is 0.858. The van der Waals surface area contributed by atoms with E-state index >= 15 is 0 Å². The molecule has 0 saturated heterocycles. The number of H-pyrrole nitrogens is 1. The maximum atomic E-state index is 12.6. The van der Waals surface area contributed by atoms with Crippen molar-refractivity contribution in [3.8, 4) is 0 Å². The number of carbonyl (C=O) groups is 1. The molecular formula is C12H14N4OS. The summed E-state index contributed by atoms with van der Waals surface area (Å²) in [7, 11) is 1.82. The van der Waals surface area contributed by atoms with Gasteiger partial charge in [0.05, 0.1) is 6.33 Å². The summed E-state index contributed by atoms with van der Waals surface area (Å²) >= 11 is 1.64. The molecule has 2 aromatic heterocycles. The summed E-state index contributed by atoms with van der Waals surface area (Å²) < 4.78 is 0. The first kappa shape index (κ1) is 11.4. The van der Waals surface area contributed by atoms with Crippen LogP contribution < -0.4 is 10.2 Å². The van der Waals surface area contributed by atoms with Gasteiger partial charge >= 0.3 is 0 Å². The zero-order valence-electron chi connectivity index (χ0n) is 10.0. The van der Waals surface area contributed by atoms with Gasteiger partial charge in [0.2, 0.25) is 0 Å². The molecule has 94 valence electrons. The van der Waals surface area contributed by atoms with Gasteiger partial charge in [-0.05, 0) is 30.5 Å². The number of nitrogens with one attached hydrogen (secondary N) is 2. The first-order chi connectivity index (χ1) is 8.81. The van der Waals surface area contributed by atoms with E-state index in [-0.39, 0.29) is 11.9 Å². The van der Waals surface area contributed by atoms with Crippen LogP contribution in [0.4, 0.5) is 5.82 Å². The maximum Gasteiger partial charge on any atom is 0.250 e. The second kappa shape index (κ2) is 4.55. The third kappa shape index (κ3) is 1.74. The van der Waals surface area contributed by atoms with Crippen LogP contribution in [0.2, 0.25) is 0 Å². The highest BCUT2D eigenvalue weighted by Crippen LogP contribution is 2.30. The standard InChI is InChI=1S/C12H14N4OS/c1-13-10-11-8(3-5-18-11)2-4-16(12(10)17)9-6-14-7-15-9/h3,5-7,10,13H,2,4H2,1H3,(H,14,15). The molecule has 1 aliphatic rings. The molecule has 2 N–H and O–H groups in total. The van der Waals surface area contributed by atoms with Gasteiger partial charge in [-0.2, -0.15) is 0 Å². The number of aromatic amines is 1. The van der Waals surface area contributed by atoms with E-state index in [1.807, 2.05) is 12.4 Å². The number of aromatic nitrogens is 2. The predicted molar refractivity (Wildman–Crippen MR) is 70.8 cm³/mol. The van der Waals surface area contributed by atoms with Crippen LogP contribution in [0.25, 0.3) is 0 Å². The van der Waals surface area contributed by atoms with Crippen LogP contribution in [0.5, 0.6) is 0 Å². The van der Waals surface area contributed by atoms with Crippen LogP contribution in [0.15, 0.2) is 24.0 Å². The number of hydrogen-bond acceptors (Lipinski definition) is 4. The van der Waals surface area contributed by atoms with E-state index in [9.17, 15) is 4.79 Å². The topological polar surface area (TPSA) is 61.0 Å². The van der Waals surface area contributed by atoms with Crippen molar-refractivity contribution in [1.82, 2.24) is 15.3 Å². The Labute approximate surface area is 109 Å². The fourth-order valence-corrected chi connectivity index (χ4v) is 3.35. The Balaban J connectivity index is 1.99. The third-order valence-corrected chi connectivity index (χ3v) is 4.23. The van der Waals surface area contributed by atoms with Crippen molar-refractivity contribution < 1.29 is 4.79 Å². The van der Waals surface area contributed by atoms with Crippen LogP contribution >= 0.6 is 11.3 Å². The summed E-state index contributed by atoms with van der Waals surface area (Å²) in [4.78, 5) is 22.5. The molecule has 0 aromatic carbocycles. The van der Waals surface area contributed by atoms with Gasteiger partial charge in [-0.1, -0.05) is 0 Å². The van der Waals surface area contributed by atoms with E-state index in [2.05, 4.69) is 21.4 Å². The molecule has 1 unspecified atom stereocenters. The third-order valence-electron chi connectivity index (χ3n) is 3.21. The van der Waals surface area contributed by atoms with Gasteiger partial charge in [0.15, 0.2) is 5.82 Å². The first-order valence-corrected chi connectivity index (χ1v) is 6.73. The molecule has 0 saturated carbocycles. The number of anilines is 1. The molecule has 3 heterocycles. The van der Waals surface area contributed by atoms with Crippen molar-refractivity contribution in [2.45, 2.75) is 12.5 Å². The molecule has 5 nitrogen and oxygen atoms in total. The Morgan fingerprint density at radius 2 is 2.50 bits per heavy atom. The van der Waals surface area contributed by atoms with Gasteiger partial charge in [0.1, 0.15) is 6.04 Å². The average Bonchev–Trinajstić information content (AvgIpc) is 3.01. The van der Waals surface area contributed by atoms with E-state index < -0.39 is 0 Å². The van der Waals surface area contributed by atoms with Gasteiger partial charge in [-0.25, -0.2) is 4.98 Å². The van der Waals surface area contributed by atoms with Crippen molar-refractivity contribution in [2.24, 2.45) is 0 Å². The lowest BCUT2D eigenvalue weighted by Crippen LogP contribution is -2.39. The Kier molecular flexibility index (Phi) is 2.89. The van der Waals surface area contributed by atoms with Crippen LogP contribution in [-0.2, 0) is 11.2 Å². The largest absolute Gasteiger partial charge is 0.349 e. The van der Waals surface area contributed by atoms with Crippen LogP contribution in [0, 0.1) is 0 Å². The normalized spacial score (nSPS) is 19.7. The molecular weight excluding hydrogens is 248 g/mol. The lowest BCUT2D eigenvalue weighted by molar-refractivity contribution is -0.120. The second-order valence-electron chi connectivity index (χ2n) is 4.20. The minimum Gasteiger partial charge on any atom is -0.349 e. The fraction of sp³-hybridized carbons (Fsp3) is 0.333. The van der Waals surface area contributed by atoms with E-state index in [4.69, 9.17) is 0 Å². The van der Waals surface area contributed by atoms with Crippen molar-refractivity contribution in [2.75, 3.05) is 18.5 Å². The summed E-state index contributed by atoms with van der Waals surface area (Å²) in [6.07, 6.45) is 4.22. The number of imidazole rings is 1. The smallest absolute Gasteiger partial charge is 0.250 e. The Morgan fingerprint density at radius 3 is 3.22 bits per heavy atom. The zero-order valence-corrected chi connectivity index (χ0v) is 10.8. The summed E-state index contributed by atoms with van der Waals surface area (Å²) in [5.41, 5.74) is 1.26. The Bertz CT molecular complexity index is 548. The number of rotatable bonds is 2. The van der Waals surface area contributed by atoms with Crippen molar-refractivity contribution in [3.05, 3.63) is 34.4 Å². The number of hydrogen-bond donors (Lipinski definition) is 2. The average molecular weight is 262 g/mol. The van der Waals surface area contributed by atoms with Crippen molar-refractivity contribution in [3.63, 3.8) is 0 Å². The van der Waals surface area contributed by atoms with Crippen LogP contribution in [0.1, 0.15) is 16.5 Å². The molecule has 0 aliphatic carbocycles. The number of likely N-dealkylation sites (N-methyl/N-ethyl adjacent to an activating group) is 1. The van der Waals surface area contributed by atoms with Gasteiger partial charge in [0, 0.05) is 17.6 Å². The number of carbonyl (C=O) groups excluding carboxylic acids is 1. The van der Waals surface area contributed by atoms with E-state index in [1.54, 1.807) is 28.8 Å². The summed E-state index contributed by atoms with van der Waals surface area (Å²) in [5, 5.41) is 5.16. The van der Waals surface area contributed by atoms with Gasteiger partial charge < -0.3 is 10.3 Å². The summed E-state index contributed by atoms with van der Waals surface area (Å²) in [5.74, 6) is 0.751. The number of nitrogens with zero attached hydrogens (tertiary/aromatic N) is 2. The monoisotopic (exact) mass is 262 g/mol. The molecule has 6 heteroatoms. The Morgan fingerprint density at radius 1 is 1.61 bits per heavy atom. The number of amides is 1. The van der Waals surface area contributed by atoms with Crippen LogP contribution in [0.3, 0.4) is 0 Å². The second-order valence-corrected chi connectivity index (χ2v) is 5.15. The molecule has 1 atom stereocenters. The predicted octanol–water partition coefficient (Wildman–Crippen LogP) is 1.32. The summed E-state index contributed by atoms with van der Waals surface area (Å²) in [6, 6.07) is 1.84. The van der Waals surface area contributed by atoms with Gasteiger partial charge in [-0.3, -0.25) is 9.69 Å². The fourth-order valence-electron chi connectivity index (χ4n) is 2.30. The summed E-state index contributed by atoms with van der Waals surface area (Å²) in [6.45, 7) is 0.672. The highest BCUT2D eigenvalue weighted by molar-refractivity contribution is 7.10. The molecule has 0 radical (unpaired) electrons. The molecule has 1 aliphatic heterocycles. The van der Waals surface area contributed by atoms with E-state index in [0.717, 1.165) is 11.3 Å². The molecule has 1 amide bonds. The first-order valence-electron chi connectivity index (χ1n) is 5.85. The zero-order chi connectivity index (χ0) is 12.5. The maximum absolute atomic E-state index is 12.6. The van der Waals surface area contributed by atoms with Crippen LogP contribution in [-0.4, -0.2) is 29.5 Å². The molecule has 0 spiro atoms. The van der Waals surface area contributed by atoms with E-state index in [1.165, 1.54) is 5.56 Å². The number of fused-ring (bicyclic) bond motifs is 1. The molecule has 18 heavy (non-hydrogen) atoms. The number of thiophene rings is 1. The lowest BCUT2D eigenvalue weighted by Gasteiger charge is -2.21. The molecule has 2 aromatic rings. The highest BCUT2D eigenvalue weighted by Gasteiger charge is 2.32. The van der Waals surface area contributed by atoms with Crippen molar-refractivity contribution in [1.29, 1.82) is 0 Å². The lowest BCUT2D eigenvalue weighted by atomic mass is 10.1. The highest BCUT2D eigenvalue weighted by atomic mass is 32.1. The minimum absolute atomic E-state index is 0.0609. The molecule has 0 fully saturated rings. The molecule has 3 rings (SSSR count). The van der Waals surface area contributed by atoms with E-state index in [0.29, 0.717) is 12.4 Å². The molecule has 0 bridgehead atoms. The SMILES string of the molecule is CNC1C(=O)N(c2c[nH]cn2)CCc2ccsc21.